The molecule has 0 aromatic heterocycles. The Kier molecular flexibility index (Phi) is 8.52. The molecule has 0 unspecified atom stereocenters. The molecule has 0 aliphatic rings. The minimum absolute atomic E-state index is 0.0461. The van der Waals surface area contributed by atoms with E-state index in [2.05, 4.69) is 113 Å². The first-order valence-corrected chi connectivity index (χ1v) is 17.2. The molecule has 4 aromatic rings. The van der Waals surface area contributed by atoms with Crippen LogP contribution in [0.3, 0.4) is 0 Å². The summed E-state index contributed by atoms with van der Waals surface area (Å²) in [7, 11) is 0. The van der Waals surface area contributed by atoms with Gasteiger partial charge in [-0.1, -0.05) is 0 Å². The van der Waals surface area contributed by atoms with Gasteiger partial charge < -0.3 is 0 Å². The maximum atomic E-state index is 11.9. The SMILES string of the molecule is CCCc1c(OCCCP(Br)(c2ccccc2)(c2ccccc2)c2ccccc2)ccc(C(C)=O)c1O. The predicted octanol–water partition coefficient (Wildman–Crippen LogP) is 7.16. The summed E-state index contributed by atoms with van der Waals surface area (Å²) < 4.78 is 6.28. The van der Waals surface area contributed by atoms with E-state index in [0.717, 1.165) is 19.0 Å². The van der Waals surface area contributed by atoms with Gasteiger partial charge in [0, 0.05) is 0 Å². The normalized spacial score (nSPS) is 12.5. The average Bonchev–Trinajstić information content (AvgIpc) is 2.94. The molecule has 1 N–H and O–H groups in total. The molecule has 0 spiro atoms. The Labute approximate surface area is 228 Å². The van der Waals surface area contributed by atoms with Crippen molar-refractivity contribution >= 4 is 42.5 Å². The van der Waals surface area contributed by atoms with Crippen LogP contribution in [0.15, 0.2) is 103 Å². The Morgan fingerprint density at radius 3 is 1.73 bits per heavy atom. The number of rotatable bonds is 11. The van der Waals surface area contributed by atoms with Crippen LogP contribution in [0.4, 0.5) is 0 Å². The van der Waals surface area contributed by atoms with Crippen molar-refractivity contribution in [3.8, 4) is 11.5 Å². The fourth-order valence-electron chi connectivity index (χ4n) is 5.12. The van der Waals surface area contributed by atoms with E-state index in [0.29, 0.717) is 29.9 Å². The number of phenols is 1. The number of carbonyl (C=O) groups excluding carboxylic acids is 1. The zero-order chi connectivity index (χ0) is 26.3. The number of aromatic hydroxyl groups is 1. The Hall–Kier alpha value is -2.94. The van der Waals surface area contributed by atoms with Gasteiger partial charge in [-0.15, -0.1) is 0 Å². The van der Waals surface area contributed by atoms with Crippen LogP contribution in [0, 0.1) is 0 Å². The molecule has 4 rings (SSSR count). The Bertz CT molecular complexity index is 1240. The molecule has 0 bridgehead atoms. The summed E-state index contributed by atoms with van der Waals surface area (Å²) in [5.74, 6) is 0.551. The Morgan fingerprint density at radius 1 is 0.811 bits per heavy atom. The van der Waals surface area contributed by atoms with Crippen molar-refractivity contribution in [1.82, 2.24) is 0 Å². The Balaban J connectivity index is 1.70. The third kappa shape index (κ3) is 5.23. The summed E-state index contributed by atoms with van der Waals surface area (Å²) in [6.45, 7) is 4.02. The molecule has 3 nitrogen and oxygen atoms in total. The first-order valence-electron chi connectivity index (χ1n) is 12.8. The summed E-state index contributed by atoms with van der Waals surface area (Å²) in [5, 5.41) is 11.6. The van der Waals surface area contributed by atoms with Gasteiger partial charge in [0.1, 0.15) is 0 Å². The number of phenolic OH excluding ortho intramolecular Hbond substituents is 1. The zero-order valence-electron chi connectivity index (χ0n) is 21.4. The van der Waals surface area contributed by atoms with Crippen molar-refractivity contribution in [3.05, 3.63) is 114 Å². The second-order valence-electron chi connectivity index (χ2n) is 9.36. The number of ether oxygens (including phenoxy) is 1. The van der Waals surface area contributed by atoms with Crippen LogP contribution in [-0.2, 0) is 6.42 Å². The van der Waals surface area contributed by atoms with Crippen LogP contribution in [0.5, 0.6) is 11.5 Å². The maximum absolute atomic E-state index is 11.9. The molecular weight excluding hydrogens is 543 g/mol. The van der Waals surface area contributed by atoms with Gasteiger partial charge in [-0.25, -0.2) is 0 Å². The molecule has 0 amide bonds. The summed E-state index contributed by atoms with van der Waals surface area (Å²) >= 11 is 4.48. The quantitative estimate of drug-likeness (QED) is 0.117. The van der Waals surface area contributed by atoms with Gasteiger partial charge in [-0.05, 0) is 0 Å². The third-order valence-electron chi connectivity index (χ3n) is 6.98. The molecule has 0 radical (unpaired) electrons. The van der Waals surface area contributed by atoms with Crippen molar-refractivity contribution in [2.45, 2.75) is 33.1 Å². The first-order chi connectivity index (χ1) is 17.9. The molecular formula is C32H34BrO3P. The molecule has 37 heavy (non-hydrogen) atoms. The van der Waals surface area contributed by atoms with E-state index in [1.54, 1.807) is 6.07 Å². The van der Waals surface area contributed by atoms with Crippen molar-refractivity contribution in [3.63, 3.8) is 0 Å². The zero-order valence-corrected chi connectivity index (χ0v) is 23.9. The van der Waals surface area contributed by atoms with Crippen LogP contribution < -0.4 is 20.7 Å². The molecule has 0 saturated carbocycles. The van der Waals surface area contributed by atoms with E-state index >= 15 is 0 Å². The molecule has 0 heterocycles. The summed E-state index contributed by atoms with van der Waals surface area (Å²) in [5.41, 5.74) is 1.05. The van der Waals surface area contributed by atoms with Crippen molar-refractivity contribution in [2.75, 3.05) is 12.8 Å². The topological polar surface area (TPSA) is 46.5 Å². The number of hydrogen-bond donors (Lipinski definition) is 1. The van der Waals surface area contributed by atoms with E-state index in [1.807, 2.05) is 6.07 Å². The van der Waals surface area contributed by atoms with Gasteiger partial charge in [-0.2, -0.15) is 0 Å². The van der Waals surface area contributed by atoms with Crippen molar-refractivity contribution in [1.29, 1.82) is 0 Å². The second-order valence-corrected chi connectivity index (χ2v) is 18.4. The molecule has 0 aliphatic carbocycles. The molecule has 4 aromatic carbocycles. The average molecular weight is 577 g/mol. The molecule has 5 heteroatoms. The number of Topliss-reactive ketones (excluding diaryl/α,β-unsaturated/α-hetero) is 1. The first kappa shape index (κ1) is 27.1. The predicted molar refractivity (Wildman–Crippen MR) is 161 cm³/mol. The fourth-order valence-corrected chi connectivity index (χ4v) is 12.8. The van der Waals surface area contributed by atoms with Crippen LogP contribution in [0.2, 0.25) is 0 Å². The second kappa shape index (κ2) is 11.6. The summed E-state index contributed by atoms with van der Waals surface area (Å²) in [6.07, 6.45) is 3.16. The standard InChI is InChI=1S/C32H34BrO3P/c1-3-14-30-31(22-21-29(25(2)34)32(30)35)36-23-13-24-37(33,26-15-7-4-8-16-26,27-17-9-5-10-18-27)28-19-11-6-12-20-28/h4-12,15-22,35H,3,13-14,23-24H2,1-2H3. The van der Waals surface area contributed by atoms with Crippen LogP contribution in [0.25, 0.3) is 0 Å². The number of hydrogen-bond acceptors (Lipinski definition) is 3. The molecule has 0 atom stereocenters. The van der Waals surface area contributed by atoms with Gasteiger partial charge in [0.2, 0.25) is 0 Å². The summed E-state index contributed by atoms with van der Waals surface area (Å²) in [4.78, 5) is 11.9. The van der Waals surface area contributed by atoms with Crippen LogP contribution in [0.1, 0.15) is 42.6 Å². The third-order valence-corrected chi connectivity index (χ3v) is 17.0. The molecule has 192 valence electrons. The van der Waals surface area contributed by atoms with E-state index in [1.165, 1.54) is 22.8 Å². The summed E-state index contributed by atoms with van der Waals surface area (Å²) in [6, 6.07) is 35.7. The number of halogens is 1. The number of carbonyl (C=O) groups is 1. The van der Waals surface area contributed by atoms with E-state index in [-0.39, 0.29) is 11.5 Å². The fraction of sp³-hybridized carbons (Fsp3) is 0.219. The van der Waals surface area contributed by atoms with Gasteiger partial charge in [-0.3, -0.25) is 0 Å². The van der Waals surface area contributed by atoms with Gasteiger partial charge in [0.05, 0.1) is 0 Å². The minimum atomic E-state index is -3.00. The van der Waals surface area contributed by atoms with E-state index < -0.39 is 5.31 Å². The monoisotopic (exact) mass is 576 g/mol. The number of ketones is 1. The van der Waals surface area contributed by atoms with Crippen LogP contribution in [-0.4, -0.2) is 23.7 Å². The van der Waals surface area contributed by atoms with Gasteiger partial charge >= 0.3 is 229 Å². The van der Waals surface area contributed by atoms with Gasteiger partial charge in [0.15, 0.2) is 0 Å². The molecule has 0 aliphatic heterocycles. The van der Waals surface area contributed by atoms with Crippen molar-refractivity contribution < 1.29 is 14.6 Å². The van der Waals surface area contributed by atoms with Crippen molar-refractivity contribution in [2.24, 2.45) is 0 Å². The van der Waals surface area contributed by atoms with E-state index in [4.69, 9.17) is 4.74 Å². The van der Waals surface area contributed by atoms with Gasteiger partial charge in [0.25, 0.3) is 0 Å². The van der Waals surface area contributed by atoms with Crippen LogP contribution >= 0.6 is 20.8 Å². The molecule has 0 saturated heterocycles. The van der Waals surface area contributed by atoms with E-state index in [9.17, 15) is 9.90 Å². The molecule has 0 fully saturated rings. The number of benzene rings is 4. The Morgan fingerprint density at radius 2 is 1.30 bits per heavy atom.